The topological polar surface area (TPSA) is 63.8 Å². The van der Waals surface area contributed by atoms with Crippen LogP contribution in [-0.4, -0.2) is 8.75 Å². The predicted molar refractivity (Wildman–Crippen MR) is 68.0 cm³/mol. The number of unbranched alkanes of at least 4 members (excludes halogenated alkanes) is 5. The molecular formula is C11H22N4S. The molecule has 16 heavy (non-hydrogen) atoms. The summed E-state index contributed by atoms with van der Waals surface area (Å²) in [4.78, 5) is 0. The van der Waals surface area contributed by atoms with Gasteiger partial charge in [-0.2, -0.15) is 8.75 Å². The Morgan fingerprint density at radius 3 is 2.69 bits per heavy atom. The average Bonchev–Trinajstić information content (AvgIpc) is 2.82. The van der Waals surface area contributed by atoms with Crippen molar-refractivity contribution in [2.45, 2.75) is 57.9 Å². The second kappa shape index (κ2) is 8.61. The van der Waals surface area contributed by atoms with Crippen molar-refractivity contribution in [2.75, 3.05) is 0 Å². The quantitative estimate of drug-likeness (QED) is 0.397. The van der Waals surface area contributed by atoms with Gasteiger partial charge in [-0.25, -0.2) is 0 Å². The first kappa shape index (κ1) is 13.5. The maximum Gasteiger partial charge on any atom is 0.0925 e. The number of nitrogens with two attached hydrogens (primary N) is 1. The number of hydrogen-bond acceptors (Lipinski definition) is 5. The van der Waals surface area contributed by atoms with Crippen LogP contribution in [0, 0.1) is 0 Å². The lowest BCUT2D eigenvalue weighted by molar-refractivity contribution is 0.470. The molecule has 1 atom stereocenters. The summed E-state index contributed by atoms with van der Waals surface area (Å²) in [7, 11) is 0. The van der Waals surface area contributed by atoms with Gasteiger partial charge in [0, 0.05) is 0 Å². The average molecular weight is 242 g/mol. The van der Waals surface area contributed by atoms with Gasteiger partial charge < -0.3 is 0 Å². The zero-order chi connectivity index (χ0) is 11.6. The highest BCUT2D eigenvalue weighted by Crippen LogP contribution is 2.18. The fourth-order valence-corrected chi connectivity index (χ4v) is 2.24. The fourth-order valence-electron chi connectivity index (χ4n) is 1.77. The van der Waals surface area contributed by atoms with Gasteiger partial charge in [-0.1, -0.05) is 45.4 Å². The summed E-state index contributed by atoms with van der Waals surface area (Å²) < 4.78 is 8.20. The van der Waals surface area contributed by atoms with E-state index in [1.165, 1.54) is 50.3 Å². The van der Waals surface area contributed by atoms with Gasteiger partial charge in [-0.15, -0.1) is 0 Å². The Bertz CT molecular complexity index is 250. The molecule has 0 bridgehead atoms. The molecule has 0 saturated carbocycles. The van der Waals surface area contributed by atoms with Crippen molar-refractivity contribution in [3.8, 4) is 0 Å². The third-order valence-electron chi connectivity index (χ3n) is 2.78. The monoisotopic (exact) mass is 242 g/mol. The first-order chi connectivity index (χ1) is 7.88. The van der Waals surface area contributed by atoms with Crippen LogP contribution in [0.25, 0.3) is 0 Å². The molecule has 92 valence electrons. The van der Waals surface area contributed by atoms with Crippen molar-refractivity contribution in [2.24, 2.45) is 5.84 Å². The van der Waals surface area contributed by atoms with Crippen LogP contribution in [0.2, 0.25) is 0 Å². The van der Waals surface area contributed by atoms with Crippen LogP contribution in [0.1, 0.15) is 63.6 Å². The minimum absolute atomic E-state index is 0.171. The molecule has 1 unspecified atom stereocenters. The number of nitrogens with zero attached hydrogens (tertiary/aromatic N) is 2. The normalized spacial score (nSPS) is 12.9. The van der Waals surface area contributed by atoms with Crippen LogP contribution in [0.3, 0.4) is 0 Å². The molecule has 4 nitrogen and oxygen atoms in total. The molecule has 0 radical (unpaired) electrons. The number of aromatic nitrogens is 2. The summed E-state index contributed by atoms with van der Waals surface area (Å²) in [5.41, 5.74) is 3.78. The molecule has 5 heteroatoms. The van der Waals surface area contributed by atoms with Crippen molar-refractivity contribution in [3.05, 3.63) is 11.9 Å². The van der Waals surface area contributed by atoms with E-state index in [-0.39, 0.29) is 6.04 Å². The van der Waals surface area contributed by atoms with E-state index in [4.69, 9.17) is 5.84 Å². The van der Waals surface area contributed by atoms with Crippen LogP contribution in [0.5, 0.6) is 0 Å². The Labute approximate surface area is 102 Å². The van der Waals surface area contributed by atoms with Crippen molar-refractivity contribution < 1.29 is 0 Å². The summed E-state index contributed by atoms with van der Waals surface area (Å²) in [6, 6.07) is 0.171. The SMILES string of the molecule is CCCCCCCCC(NN)c1cnsn1. The Morgan fingerprint density at radius 1 is 1.31 bits per heavy atom. The van der Waals surface area contributed by atoms with Crippen LogP contribution in [0.15, 0.2) is 6.20 Å². The van der Waals surface area contributed by atoms with E-state index in [0.717, 1.165) is 12.1 Å². The summed E-state index contributed by atoms with van der Waals surface area (Å²) in [5.74, 6) is 5.51. The largest absolute Gasteiger partial charge is 0.271 e. The Hall–Kier alpha value is -0.520. The van der Waals surface area contributed by atoms with Crippen molar-refractivity contribution in [3.63, 3.8) is 0 Å². The Balaban J connectivity index is 2.11. The van der Waals surface area contributed by atoms with E-state index >= 15 is 0 Å². The molecule has 0 aromatic carbocycles. The lowest BCUT2D eigenvalue weighted by Gasteiger charge is -2.12. The summed E-state index contributed by atoms with van der Waals surface area (Å²) in [6.45, 7) is 2.24. The van der Waals surface area contributed by atoms with Crippen LogP contribution >= 0.6 is 11.7 Å². The lowest BCUT2D eigenvalue weighted by Crippen LogP contribution is -2.28. The molecule has 1 aromatic heterocycles. The molecule has 0 aliphatic carbocycles. The van der Waals surface area contributed by atoms with Crippen molar-refractivity contribution in [1.29, 1.82) is 0 Å². The van der Waals surface area contributed by atoms with Crippen molar-refractivity contribution in [1.82, 2.24) is 14.2 Å². The molecule has 1 aromatic rings. The van der Waals surface area contributed by atoms with E-state index < -0.39 is 0 Å². The van der Waals surface area contributed by atoms with E-state index in [1.807, 2.05) is 0 Å². The van der Waals surface area contributed by atoms with Crippen LogP contribution in [-0.2, 0) is 0 Å². The third kappa shape index (κ3) is 5.01. The summed E-state index contributed by atoms with van der Waals surface area (Å²) in [6.07, 6.45) is 10.7. The number of hydrogen-bond donors (Lipinski definition) is 2. The standard InChI is InChI=1S/C11H22N4S/c1-2-3-4-5-6-7-8-10(14-12)11-9-13-16-15-11/h9-10,14H,2-8,12H2,1H3. The summed E-state index contributed by atoms with van der Waals surface area (Å²) >= 11 is 1.24. The molecule has 0 aliphatic rings. The minimum atomic E-state index is 0.171. The van der Waals surface area contributed by atoms with E-state index in [1.54, 1.807) is 6.20 Å². The zero-order valence-electron chi connectivity index (χ0n) is 9.98. The second-order valence-corrected chi connectivity index (χ2v) is 4.66. The van der Waals surface area contributed by atoms with Gasteiger partial charge in [-0.05, 0) is 6.42 Å². The first-order valence-corrected chi connectivity index (χ1v) is 6.85. The van der Waals surface area contributed by atoms with Gasteiger partial charge in [0.15, 0.2) is 0 Å². The Kier molecular flexibility index (Phi) is 7.29. The molecule has 0 amide bonds. The maximum atomic E-state index is 5.51. The highest BCUT2D eigenvalue weighted by Gasteiger charge is 2.11. The van der Waals surface area contributed by atoms with Gasteiger partial charge in [-0.3, -0.25) is 11.3 Å². The van der Waals surface area contributed by atoms with E-state index in [0.29, 0.717) is 0 Å². The Morgan fingerprint density at radius 2 is 2.06 bits per heavy atom. The highest BCUT2D eigenvalue weighted by molar-refractivity contribution is 6.99. The van der Waals surface area contributed by atoms with Gasteiger partial charge >= 0.3 is 0 Å². The smallest absolute Gasteiger partial charge is 0.0925 e. The highest BCUT2D eigenvalue weighted by atomic mass is 32.1. The summed E-state index contributed by atoms with van der Waals surface area (Å²) in [5, 5.41) is 0. The molecule has 0 aliphatic heterocycles. The molecule has 0 fully saturated rings. The molecule has 0 saturated heterocycles. The maximum absolute atomic E-state index is 5.51. The van der Waals surface area contributed by atoms with Gasteiger partial charge in [0.1, 0.15) is 0 Å². The van der Waals surface area contributed by atoms with Gasteiger partial charge in [0.05, 0.1) is 29.7 Å². The fraction of sp³-hybridized carbons (Fsp3) is 0.818. The van der Waals surface area contributed by atoms with Crippen LogP contribution in [0.4, 0.5) is 0 Å². The van der Waals surface area contributed by atoms with Crippen molar-refractivity contribution >= 4 is 11.7 Å². The third-order valence-corrected chi connectivity index (χ3v) is 3.28. The number of rotatable bonds is 9. The van der Waals surface area contributed by atoms with E-state index in [9.17, 15) is 0 Å². The van der Waals surface area contributed by atoms with E-state index in [2.05, 4.69) is 21.1 Å². The van der Waals surface area contributed by atoms with Gasteiger partial charge in [0.2, 0.25) is 0 Å². The molecule has 0 spiro atoms. The van der Waals surface area contributed by atoms with Crippen LogP contribution < -0.4 is 11.3 Å². The second-order valence-electron chi connectivity index (χ2n) is 4.11. The molecule has 1 rings (SSSR count). The zero-order valence-corrected chi connectivity index (χ0v) is 10.8. The predicted octanol–water partition coefficient (Wildman–Crippen LogP) is 2.79. The number of nitrogens with one attached hydrogen (secondary N) is 1. The van der Waals surface area contributed by atoms with Gasteiger partial charge in [0.25, 0.3) is 0 Å². The molecule has 1 heterocycles. The lowest BCUT2D eigenvalue weighted by atomic mass is 10.0. The molecule has 3 N–H and O–H groups in total. The molecular weight excluding hydrogens is 220 g/mol. The number of hydrazine groups is 1. The minimum Gasteiger partial charge on any atom is -0.271 e. The first-order valence-electron chi connectivity index (χ1n) is 6.12.